The van der Waals surface area contributed by atoms with E-state index in [4.69, 9.17) is 4.74 Å². The quantitative estimate of drug-likeness (QED) is 0.549. The van der Waals surface area contributed by atoms with E-state index in [0.29, 0.717) is 13.2 Å². The molecule has 3 heterocycles. The molecule has 2 aliphatic heterocycles. The number of benzene rings is 2. The van der Waals surface area contributed by atoms with Crippen LogP contribution in [0.5, 0.6) is 0 Å². The molecule has 2 fully saturated rings. The first-order valence-electron chi connectivity index (χ1n) is 10.7. The van der Waals surface area contributed by atoms with Gasteiger partial charge in [0.15, 0.2) is 0 Å². The van der Waals surface area contributed by atoms with Crippen LogP contribution < -0.4 is 4.90 Å². The molecular weight excluding hydrogens is 431 g/mol. The number of rotatable bonds is 4. The van der Waals surface area contributed by atoms with Crippen LogP contribution >= 0.6 is 11.3 Å². The van der Waals surface area contributed by atoms with Crippen LogP contribution in [-0.4, -0.2) is 47.0 Å². The molecule has 0 atom stereocenters. The Morgan fingerprint density at radius 1 is 1.03 bits per heavy atom. The number of aromatic nitrogens is 1. The largest absolute Gasteiger partial charge is 0.381 e. The van der Waals surface area contributed by atoms with E-state index in [-0.39, 0.29) is 11.7 Å². The highest BCUT2D eigenvalue weighted by Gasteiger charge is 2.21. The number of thiazole rings is 1. The molecule has 5 rings (SSSR count). The zero-order chi connectivity index (χ0) is 21.2. The van der Waals surface area contributed by atoms with Gasteiger partial charge in [0.2, 0.25) is 0 Å². The van der Waals surface area contributed by atoms with Crippen LogP contribution in [0, 0.1) is 5.82 Å². The average molecular weight is 457 g/mol. The first-order valence-corrected chi connectivity index (χ1v) is 13.0. The van der Waals surface area contributed by atoms with Crippen molar-refractivity contribution in [2.45, 2.75) is 18.8 Å². The molecule has 0 saturated carbocycles. The molecule has 3 aromatic rings. The van der Waals surface area contributed by atoms with E-state index >= 15 is 0 Å². The summed E-state index contributed by atoms with van der Waals surface area (Å²) in [4.78, 5) is 8.01. The molecule has 0 radical (unpaired) electrons. The van der Waals surface area contributed by atoms with Crippen molar-refractivity contribution in [3.63, 3.8) is 0 Å². The van der Waals surface area contributed by atoms with Gasteiger partial charge in [0.1, 0.15) is 10.8 Å². The fourth-order valence-electron chi connectivity index (χ4n) is 4.27. The van der Waals surface area contributed by atoms with E-state index in [1.807, 2.05) is 18.3 Å². The molecule has 4 nitrogen and oxygen atoms in total. The van der Waals surface area contributed by atoms with Crippen LogP contribution in [0.1, 0.15) is 24.3 Å². The van der Waals surface area contributed by atoms with E-state index in [0.717, 1.165) is 64.0 Å². The lowest BCUT2D eigenvalue weighted by Crippen LogP contribution is -2.37. The molecule has 2 saturated heterocycles. The Kier molecular flexibility index (Phi) is 6.16. The standard InChI is InChI=1S/C24H25FN2O2S2/c25-22-6-3-19(15-21(22)17-7-11-29-12-8-17)24-26-16-23(30-24)18-1-4-20(5-2-18)27-9-13-31(28)14-10-27/h1-6,15-17H,7-14H2. The van der Waals surface area contributed by atoms with Crippen molar-refractivity contribution in [3.8, 4) is 21.0 Å². The van der Waals surface area contributed by atoms with Gasteiger partial charge < -0.3 is 9.64 Å². The van der Waals surface area contributed by atoms with E-state index in [9.17, 15) is 8.60 Å². The molecule has 0 amide bonds. The predicted octanol–water partition coefficient (Wildman–Crippen LogP) is 5.08. The van der Waals surface area contributed by atoms with E-state index in [2.05, 4.69) is 34.1 Å². The maximum absolute atomic E-state index is 14.5. The van der Waals surface area contributed by atoms with Crippen LogP contribution in [-0.2, 0) is 15.5 Å². The van der Waals surface area contributed by atoms with Crippen LogP contribution in [0.15, 0.2) is 48.7 Å². The monoisotopic (exact) mass is 456 g/mol. The highest BCUT2D eigenvalue weighted by atomic mass is 32.2. The molecule has 0 spiro atoms. The zero-order valence-electron chi connectivity index (χ0n) is 17.3. The maximum Gasteiger partial charge on any atom is 0.126 e. The van der Waals surface area contributed by atoms with Crippen molar-refractivity contribution in [1.29, 1.82) is 0 Å². The van der Waals surface area contributed by atoms with Crippen LogP contribution in [0.4, 0.5) is 10.1 Å². The fourth-order valence-corrected chi connectivity index (χ4v) is 6.24. The summed E-state index contributed by atoms with van der Waals surface area (Å²) in [6, 6.07) is 13.9. The second kappa shape index (κ2) is 9.18. The summed E-state index contributed by atoms with van der Waals surface area (Å²) < 4.78 is 31.5. The molecule has 0 N–H and O–H groups in total. The summed E-state index contributed by atoms with van der Waals surface area (Å²) in [5.41, 5.74) is 4.05. The van der Waals surface area contributed by atoms with E-state index in [1.165, 1.54) is 5.69 Å². The Balaban J connectivity index is 1.35. The van der Waals surface area contributed by atoms with Gasteiger partial charge in [-0.2, -0.15) is 0 Å². The van der Waals surface area contributed by atoms with E-state index < -0.39 is 10.8 Å². The molecule has 162 valence electrons. The van der Waals surface area contributed by atoms with Crippen molar-refractivity contribution in [2.24, 2.45) is 0 Å². The second-order valence-electron chi connectivity index (χ2n) is 8.03. The molecule has 7 heteroatoms. The Morgan fingerprint density at radius 3 is 2.48 bits per heavy atom. The minimum atomic E-state index is -0.667. The number of anilines is 1. The smallest absolute Gasteiger partial charge is 0.126 e. The van der Waals surface area contributed by atoms with Gasteiger partial charge in [0, 0.05) is 66.1 Å². The van der Waals surface area contributed by atoms with Crippen molar-refractivity contribution >= 4 is 27.8 Å². The van der Waals surface area contributed by atoms with Crippen LogP contribution in [0.25, 0.3) is 21.0 Å². The maximum atomic E-state index is 14.5. The molecule has 0 bridgehead atoms. The summed E-state index contributed by atoms with van der Waals surface area (Å²) in [5, 5.41) is 0.908. The lowest BCUT2D eigenvalue weighted by atomic mass is 9.90. The van der Waals surface area contributed by atoms with Crippen molar-refractivity contribution < 1.29 is 13.3 Å². The fraction of sp³-hybridized carbons (Fsp3) is 0.375. The summed E-state index contributed by atoms with van der Waals surface area (Å²) in [7, 11) is -0.667. The topological polar surface area (TPSA) is 42.4 Å². The molecule has 31 heavy (non-hydrogen) atoms. The molecule has 2 aliphatic rings. The number of nitrogens with zero attached hydrogens (tertiary/aromatic N) is 2. The second-order valence-corrected chi connectivity index (χ2v) is 10.8. The Bertz CT molecular complexity index is 1070. The SMILES string of the molecule is O=S1CCN(c2ccc(-c3cnc(-c4ccc(F)c(C5CCOCC5)c4)s3)cc2)CC1. The summed E-state index contributed by atoms with van der Waals surface area (Å²) >= 11 is 1.63. The Labute approximate surface area is 188 Å². The summed E-state index contributed by atoms with van der Waals surface area (Å²) in [5.74, 6) is 1.57. The van der Waals surface area contributed by atoms with Gasteiger partial charge in [-0.05, 0) is 60.2 Å². The lowest BCUT2D eigenvalue weighted by molar-refractivity contribution is 0.0846. The number of hydrogen-bond acceptors (Lipinski definition) is 5. The average Bonchev–Trinajstić information content (AvgIpc) is 3.31. The van der Waals surface area contributed by atoms with Gasteiger partial charge >= 0.3 is 0 Å². The van der Waals surface area contributed by atoms with Gasteiger partial charge in [-0.1, -0.05) is 12.1 Å². The zero-order valence-corrected chi connectivity index (χ0v) is 18.9. The third-order valence-corrected chi connectivity index (χ3v) is 8.48. The molecule has 1 aromatic heterocycles. The van der Waals surface area contributed by atoms with Gasteiger partial charge in [-0.15, -0.1) is 11.3 Å². The first kappa shape index (κ1) is 20.8. The van der Waals surface area contributed by atoms with Gasteiger partial charge in [0.05, 0.1) is 4.88 Å². The van der Waals surface area contributed by atoms with Crippen molar-refractivity contribution in [3.05, 3.63) is 60.0 Å². The molecule has 0 aliphatic carbocycles. The van der Waals surface area contributed by atoms with Crippen molar-refractivity contribution in [2.75, 3.05) is 42.7 Å². The molecule has 0 unspecified atom stereocenters. The van der Waals surface area contributed by atoms with Crippen LogP contribution in [0.3, 0.4) is 0 Å². The van der Waals surface area contributed by atoms with Gasteiger partial charge in [0.25, 0.3) is 0 Å². The third kappa shape index (κ3) is 4.59. The minimum absolute atomic E-state index is 0.135. The Morgan fingerprint density at radius 2 is 1.74 bits per heavy atom. The Hall–Kier alpha value is -2.09. The van der Waals surface area contributed by atoms with Crippen LogP contribution in [0.2, 0.25) is 0 Å². The lowest BCUT2D eigenvalue weighted by Gasteiger charge is -2.28. The third-order valence-electron chi connectivity index (χ3n) is 6.10. The highest BCUT2D eigenvalue weighted by molar-refractivity contribution is 7.85. The highest BCUT2D eigenvalue weighted by Crippen LogP contribution is 2.36. The number of ether oxygens (including phenoxy) is 1. The number of hydrogen-bond donors (Lipinski definition) is 0. The normalized spacial score (nSPS) is 18.4. The minimum Gasteiger partial charge on any atom is -0.381 e. The molecule has 2 aromatic carbocycles. The number of halogens is 1. The summed E-state index contributed by atoms with van der Waals surface area (Å²) in [6.07, 6.45) is 3.63. The van der Waals surface area contributed by atoms with Gasteiger partial charge in [-0.3, -0.25) is 4.21 Å². The van der Waals surface area contributed by atoms with Crippen molar-refractivity contribution in [1.82, 2.24) is 4.98 Å². The first-order chi connectivity index (χ1) is 15.2. The summed E-state index contributed by atoms with van der Waals surface area (Å²) in [6.45, 7) is 3.08. The molecular formula is C24H25FN2O2S2. The van der Waals surface area contributed by atoms with Gasteiger partial charge in [-0.25, -0.2) is 9.37 Å². The van der Waals surface area contributed by atoms with E-state index in [1.54, 1.807) is 17.4 Å². The predicted molar refractivity (Wildman–Crippen MR) is 126 cm³/mol.